The van der Waals surface area contributed by atoms with Crippen LogP contribution in [0.3, 0.4) is 0 Å². The summed E-state index contributed by atoms with van der Waals surface area (Å²) >= 11 is 0. The number of methoxy groups -OCH3 is 1. The van der Waals surface area contributed by atoms with Crippen LogP contribution in [0.1, 0.15) is 31.2 Å². The number of hydrogen-bond acceptors (Lipinski definition) is 5. The molecule has 3 aromatic rings. The molecular weight excluding hydrogens is 452 g/mol. The van der Waals surface area contributed by atoms with Crippen LogP contribution in [0.15, 0.2) is 36.5 Å². The van der Waals surface area contributed by atoms with Crippen molar-refractivity contribution >= 4 is 10.8 Å². The number of fused-ring (bicyclic) bond motifs is 5. The molecule has 0 radical (unpaired) electrons. The fraction of sp³-hybridized carbons (Fsp3) is 0.444. The third-order valence-electron chi connectivity index (χ3n) is 7.11. The summed E-state index contributed by atoms with van der Waals surface area (Å²) in [5, 5.41) is 2.25. The van der Waals surface area contributed by atoms with Crippen LogP contribution in [0.2, 0.25) is 0 Å². The molecule has 0 aliphatic carbocycles. The second kappa shape index (κ2) is 9.88. The number of hydrogen-bond donors (Lipinski definition) is 0. The van der Waals surface area contributed by atoms with Crippen molar-refractivity contribution < 1.29 is 35.9 Å². The highest BCUT2D eigenvalue weighted by Gasteiger charge is 2.28. The van der Waals surface area contributed by atoms with Gasteiger partial charge in [-0.15, -0.1) is 0 Å². The average molecular weight is 483 g/mol. The Hall–Kier alpha value is -2.70. The lowest BCUT2D eigenvalue weighted by Gasteiger charge is -2.26. The highest BCUT2D eigenvalue weighted by Crippen LogP contribution is 2.41. The molecule has 4 heterocycles. The van der Waals surface area contributed by atoms with Crippen LogP contribution in [0, 0.1) is 0 Å². The minimum absolute atomic E-state index is 0. The summed E-state index contributed by atoms with van der Waals surface area (Å²) in [6.45, 7) is 5.46. The standard InChI is InChI=1S/C27H31N2O4.ClH/c1-30-24-7-6-19-14-23-21-16-26-25(32-18-33-26)15-20(21)8-12-29(23)17-22(19)27(24)31-13-5-11-28-9-3-2-4-10-28;/h6-7,14-17H,2-5,8-13,18H2,1H3;1H/q+1;/p-1. The van der Waals surface area contributed by atoms with Crippen molar-refractivity contribution in [1.82, 2.24) is 4.90 Å². The molecule has 0 spiro atoms. The molecule has 6 nitrogen and oxygen atoms in total. The quantitative estimate of drug-likeness (QED) is 0.392. The van der Waals surface area contributed by atoms with Gasteiger partial charge in [0.1, 0.15) is 0 Å². The fourth-order valence-corrected chi connectivity index (χ4v) is 5.35. The predicted molar refractivity (Wildman–Crippen MR) is 126 cm³/mol. The summed E-state index contributed by atoms with van der Waals surface area (Å²) in [5.74, 6) is 3.32. The number of aryl methyl sites for hydroxylation is 2. The largest absolute Gasteiger partial charge is 1.00 e. The molecule has 0 amide bonds. The van der Waals surface area contributed by atoms with Gasteiger partial charge in [-0.1, -0.05) is 6.42 Å². The van der Waals surface area contributed by atoms with Gasteiger partial charge in [0, 0.05) is 19.0 Å². The molecule has 6 rings (SSSR count). The van der Waals surface area contributed by atoms with Crippen molar-refractivity contribution in [2.75, 3.05) is 40.1 Å². The molecule has 0 N–H and O–H groups in total. The van der Waals surface area contributed by atoms with E-state index < -0.39 is 0 Å². The zero-order valence-electron chi connectivity index (χ0n) is 19.6. The topological polar surface area (TPSA) is 44.0 Å². The van der Waals surface area contributed by atoms with E-state index in [1.165, 1.54) is 49.2 Å². The minimum atomic E-state index is 0. The Bertz CT molecular complexity index is 1190. The zero-order valence-corrected chi connectivity index (χ0v) is 20.4. The fourth-order valence-electron chi connectivity index (χ4n) is 5.35. The van der Waals surface area contributed by atoms with Crippen molar-refractivity contribution in [3.05, 3.63) is 42.1 Å². The number of halogens is 1. The highest BCUT2D eigenvalue weighted by molar-refractivity contribution is 5.91. The van der Waals surface area contributed by atoms with Crippen molar-refractivity contribution in [3.63, 3.8) is 0 Å². The van der Waals surface area contributed by atoms with Crippen molar-refractivity contribution in [2.24, 2.45) is 0 Å². The van der Waals surface area contributed by atoms with Crippen molar-refractivity contribution in [3.8, 4) is 34.3 Å². The number of likely N-dealkylation sites (tertiary alicyclic amines) is 1. The molecule has 1 fully saturated rings. The zero-order chi connectivity index (χ0) is 22.2. The first-order valence-electron chi connectivity index (χ1n) is 12.1. The molecule has 0 bridgehead atoms. The molecule has 1 aromatic heterocycles. The van der Waals surface area contributed by atoms with Crippen LogP contribution in [0.25, 0.3) is 22.0 Å². The summed E-state index contributed by atoms with van der Waals surface area (Å²) < 4.78 is 25.6. The lowest BCUT2D eigenvalue weighted by Crippen LogP contribution is -3.00. The van der Waals surface area contributed by atoms with Crippen LogP contribution in [0.5, 0.6) is 23.0 Å². The monoisotopic (exact) mass is 482 g/mol. The molecule has 0 saturated carbocycles. The van der Waals surface area contributed by atoms with E-state index in [1.54, 1.807) is 7.11 Å². The van der Waals surface area contributed by atoms with Gasteiger partial charge >= 0.3 is 0 Å². The Morgan fingerprint density at radius 2 is 1.85 bits per heavy atom. The number of ether oxygens (including phenoxy) is 4. The van der Waals surface area contributed by atoms with E-state index in [0.717, 1.165) is 59.7 Å². The maximum atomic E-state index is 6.35. The third kappa shape index (κ3) is 4.25. The SMILES string of the molecule is COc1ccc2cc3[n+](cc2c1OCCCN1CCCCC1)CCc1cc2c(cc1-3)OCO2.[Cl-]. The minimum Gasteiger partial charge on any atom is -1.00 e. The average Bonchev–Trinajstić information content (AvgIpc) is 3.32. The Morgan fingerprint density at radius 1 is 1.03 bits per heavy atom. The molecule has 3 aliphatic heterocycles. The van der Waals surface area contributed by atoms with Gasteiger partial charge in [0.25, 0.3) is 0 Å². The molecule has 0 atom stereocenters. The number of piperidine rings is 1. The second-order valence-corrected chi connectivity index (χ2v) is 9.17. The molecule has 34 heavy (non-hydrogen) atoms. The van der Waals surface area contributed by atoms with E-state index in [-0.39, 0.29) is 12.4 Å². The van der Waals surface area contributed by atoms with Crippen LogP contribution < -0.4 is 35.9 Å². The first-order chi connectivity index (χ1) is 16.3. The molecule has 7 heteroatoms. The Morgan fingerprint density at radius 3 is 2.68 bits per heavy atom. The van der Waals surface area contributed by atoms with Gasteiger partial charge in [-0.05, 0) is 67.6 Å². The van der Waals surface area contributed by atoms with Crippen LogP contribution in [-0.4, -0.2) is 45.0 Å². The first-order valence-corrected chi connectivity index (χ1v) is 12.1. The normalized spacial score (nSPS) is 16.5. The van der Waals surface area contributed by atoms with E-state index >= 15 is 0 Å². The highest BCUT2D eigenvalue weighted by atomic mass is 35.5. The van der Waals surface area contributed by atoms with Gasteiger partial charge in [-0.3, -0.25) is 0 Å². The van der Waals surface area contributed by atoms with Crippen LogP contribution >= 0.6 is 0 Å². The molecule has 2 aromatic carbocycles. The number of benzene rings is 2. The summed E-state index contributed by atoms with van der Waals surface area (Å²) in [7, 11) is 1.71. The van der Waals surface area contributed by atoms with E-state index in [2.05, 4.69) is 39.9 Å². The van der Waals surface area contributed by atoms with E-state index in [1.807, 2.05) is 6.07 Å². The second-order valence-electron chi connectivity index (χ2n) is 9.17. The van der Waals surface area contributed by atoms with Gasteiger partial charge in [0.2, 0.25) is 12.5 Å². The van der Waals surface area contributed by atoms with E-state index in [4.69, 9.17) is 18.9 Å². The van der Waals surface area contributed by atoms with Gasteiger partial charge in [0.15, 0.2) is 35.7 Å². The number of nitrogens with zero attached hydrogens (tertiary/aromatic N) is 2. The molecule has 0 unspecified atom stereocenters. The van der Waals surface area contributed by atoms with E-state index in [0.29, 0.717) is 13.4 Å². The third-order valence-corrected chi connectivity index (χ3v) is 7.11. The summed E-state index contributed by atoms with van der Waals surface area (Å²) in [5.41, 5.74) is 3.72. The van der Waals surface area contributed by atoms with E-state index in [9.17, 15) is 0 Å². The number of pyridine rings is 1. The van der Waals surface area contributed by atoms with Crippen molar-refractivity contribution in [2.45, 2.75) is 38.6 Å². The molecular formula is C27H31ClN2O4. The maximum Gasteiger partial charge on any atom is 0.231 e. The number of aromatic nitrogens is 1. The lowest BCUT2D eigenvalue weighted by molar-refractivity contribution is -0.686. The Labute approximate surface area is 206 Å². The van der Waals surface area contributed by atoms with Crippen molar-refractivity contribution in [1.29, 1.82) is 0 Å². The molecule has 180 valence electrons. The number of rotatable bonds is 6. The Kier molecular flexibility index (Phi) is 6.70. The van der Waals surface area contributed by atoms with Gasteiger partial charge < -0.3 is 36.3 Å². The van der Waals surface area contributed by atoms with Gasteiger partial charge in [-0.2, -0.15) is 4.57 Å². The Balaban J connectivity index is 0.00000241. The lowest BCUT2D eigenvalue weighted by atomic mass is 9.95. The first kappa shape index (κ1) is 23.1. The maximum absolute atomic E-state index is 6.35. The van der Waals surface area contributed by atoms with Gasteiger partial charge in [0.05, 0.1) is 24.7 Å². The molecule has 3 aliphatic rings. The summed E-state index contributed by atoms with van der Waals surface area (Å²) in [6, 6.07) is 10.7. The predicted octanol–water partition coefficient (Wildman–Crippen LogP) is 1.35. The van der Waals surface area contributed by atoms with Gasteiger partial charge in [-0.25, -0.2) is 0 Å². The molecule has 1 saturated heterocycles. The smallest absolute Gasteiger partial charge is 0.231 e. The summed E-state index contributed by atoms with van der Waals surface area (Å²) in [6.07, 6.45) is 8.23. The summed E-state index contributed by atoms with van der Waals surface area (Å²) in [4.78, 5) is 2.56. The van der Waals surface area contributed by atoms with Crippen LogP contribution in [-0.2, 0) is 13.0 Å². The van der Waals surface area contributed by atoms with Crippen LogP contribution in [0.4, 0.5) is 0 Å².